The van der Waals surface area contributed by atoms with Crippen molar-refractivity contribution in [2.24, 2.45) is 0 Å². The van der Waals surface area contributed by atoms with Gasteiger partial charge in [0.25, 0.3) is 11.8 Å². The Morgan fingerprint density at radius 2 is 1.77 bits per heavy atom. The molecule has 1 aliphatic rings. The summed E-state index contributed by atoms with van der Waals surface area (Å²) in [6, 6.07) is 18.7. The highest BCUT2D eigenvalue weighted by Crippen LogP contribution is 2.36. The molecule has 4 rings (SSSR count). The first-order valence-electron chi connectivity index (χ1n) is 10.3. The van der Waals surface area contributed by atoms with Gasteiger partial charge >= 0.3 is 0 Å². The molecule has 0 fully saturated rings. The summed E-state index contributed by atoms with van der Waals surface area (Å²) in [6.07, 6.45) is 0. The van der Waals surface area contributed by atoms with E-state index in [-0.39, 0.29) is 17.5 Å². The average Bonchev–Trinajstić information content (AvgIpc) is 3.36. The number of carbonyl (C=O) groups is 2. The van der Waals surface area contributed by atoms with Crippen LogP contribution in [0.2, 0.25) is 0 Å². The van der Waals surface area contributed by atoms with Gasteiger partial charge in [0, 0.05) is 16.6 Å². The minimum atomic E-state index is -0.368. The highest BCUT2D eigenvalue weighted by molar-refractivity contribution is 7.11. The van der Waals surface area contributed by atoms with E-state index in [1.165, 1.54) is 16.2 Å². The van der Waals surface area contributed by atoms with Crippen LogP contribution in [0.4, 0.5) is 11.4 Å². The van der Waals surface area contributed by atoms with Crippen molar-refractivity contribution in [1.29, 1.82) is 0 Å². The maximum Gasteiger partial charge on any atom is 0.282 e. The molecule has 0 atom stereocenters. The van der Waals surface area contributed by atoms with E-state index in [0.29, 0.717) is 35.2 Å². The van der Waals surface area contributed by atoms with Gasteiger partial charge in [0.1, 0.15) is 11.4 Å². The van der Waals surface area contributed by atoms with Gasteiger partial charge < -0.3 is 10.1 Å². The summed E-state index contributed by atoms with van der Waals surface area (Å²) in [6.45, 7) is 6.68. The largest absolute Gasteiger partial charge is 0.494 e. The molecule has 1 aromatic heterocycles. The van der Waals surface area contributed by atoms with Crippen LogP contribution in [-0.2, 0) is 9.59 Å². The molecular formula is C25H24N2O3S. The van der Waals surface area contributed by atoms with Crippen LogP contribution in [0.15, 0.2) is 71.7 Å². The first-order chi connectivity index (χ1) is 15.0. The molecule has 0 radical (unpaired) electrons. The Kier molecular flexibility index (Phi) is 5.91. The lowest BCUT2D eigenvalue weighted by Gasteiger charge is -2.16. The number of ether oxygens (including phenoxy) is 1. The number of nitrogens with one attached hydrogen (secondary N) is 1. The maximum absolute atomic E-state index is 13.4. The lowest BCUT2D eigenvalue weighted by Crippen LogP contribution is -2.32. The molecule has 6 heteroatoms. The normalized spacial score (nSPS) is 14.0. The number of rotatable bonds is 7. The summed E-state index contributed by atoms with van der Waals surface area (Å²) in [5.41, 5.74) is 3.06. The minimum absolute atomic E-state index is 0.272. The molecule has 0 bridgehead atoms. The molecule has 1 N–H and O–H groups in total. The molecule has 2 heterocycles. The molecule has 0 spiro atoms. The quantitative estimate of drug-likeness (QED) is 0.489. The fourth-order valence-corrected chi connectivity index (χ4v) is 4.28. The molecule has 2 amide bonds. The fourth-order valence-electron chi connectivity index (χ4n) is 3.51. The second-order valence-corrected chi connectivity index (χ2v) is 8.45. The zero-order valence-electron chi connectivity index (χ0n) is 17.7. The van der Waals surface area contributed by atoms with Crippen molar-refractivity contribution in [3.8, 4) is 5.75 Å². The predicted octanol–water partition coefficient (Wildman–Crippen LogP) is 5.67. The second-order valence-electron chi connectivity index (χ2n) is 7.51. The molecule has 3 aromatic rings. The summed E-state index contributed by atoms with van der Waals surface area (Å²) in [7, 11) is 0. The average molecular weight is 433 g/mol. The Bertz CT molecular complexity index is 1130. The van der Waals surface area contributed by atoms with E-state index in [4.69, 9.17) is 4.74 Å². The van der Waals surface area contributed by atoms with Gasteiger partial charge in [0.2, 0.25) is 0 Å². The highest BCUT2D eigenvalue weighted by Gasteiger charge is 2.40. The molecule has 5 nitrogen and oxygen atoms in total. The lowest BCUT2D eigenvalue weighted by molar-refractivity contribution is -0.120. The van der Waals surface area contributed by atoms with E-state index in [2.05, 4.69) is 19.2 Å². The van der Waals surface area contributed by atoms with Gasteiger partial charge in [-0.15, -0.1) is 11.3 Å². The topological polar surface area (TPSA) is 58.6 Å². The maximum atomic E-state index is 13.4. The predicted molar refractivity (Wildman–Crippen MR) is 125 cm³/mol. The Balaban J connectivity index is 1.72. The van der Waals surface area contributed by atoms with Crippen molar-refractivity contribution >= 4 is 40.1 Å². The first-order valence-corrected chi connectivity index (χ1v) is 11.1. The molecule has 31 heavy (non-hydrogen) atoms. The number of amides is 2. The van der Waals surface area contributed by atoms with Crippen molar-refractivity contribution in [2.75, 3.05) is 16.8 Å². The Hall–Kier alpha value is -3.38. The zero-order chi connectivity index (χ0) is 22.0. The third kappa shape index (κ3) is 4.11. The van der Waals surface area contributed by atoms with E-state index in [1.54, 1.807) is 0 Å². The second kappa shape index (κ2) is 8.78. The van der Waals surface area contributed by atoms with Crippen molar-refractivity contribution in [3.63, 3.8) is 0 Å². The van der Waals surface area contributed by atoms with Crippen LogP contribution in [0.5, 0.6) is 5.75 Å². The molecule has 0 saturated heterocycles. The van der Waals surface area contributed by atoms with E-state index in [0.717, 1.165) is 10.4 Å². The standard InChI is InChI=1S/C25H24N2O3S/c1-4-30-20-8-5-7-18(15-20)26-23-22(21-9-6-14-31-21)24(28)27(25(23)29)19-12-10-17(11-13-19)16(2)3/h5-16,26H,4H2,1-3H3. The van der Waals surface area contributed by atoms with Gasteiger partial charge in [-0.2, -0.15) is 0 Å². The van der Waals surface area contributed by atoms with Crippen LogP contribution in [0.3, 0.4) is 0 Å². The van der Waals surface area contributed by atoms with Crippen LogP contribution in [0.1, 0.15) is 37.1 Å². The van der Waals surface area contributed by atoms with Gasteiger partial charge in [0.15, 0.2) is 0 Å². The Morgan fingerprint density at radius 1 is 1.00 bits per heavy atom. The first kappa shape index (κ1) is 20.9. The van der Waals surface area contributed by atoms with Crippen molar-refractivity contribution in [1.82, 2.24) is 0 Å². The van der Waals surface area contributed by atoms with Crippen LogP contribution >= 0.6 is 11.3 Å². The smallest absolute Gasteiger partial charge is 0.282 e. The number of thiophene rings is 1. The molecule has 0 saturated carbocycles. The number of hydrogen-bond donors (Lipinski definition) is 1. The third-order valence-corrected chi connectivity index (χ3v) is 5.97. The molecule has 158 valence electrons. The molecule has 0 aliphatic carbocycles. The number of imide groups is 1. The monoisotopic (exact) mass is 432 g/mol. The van der Waals surface area contributed by atoms with Crippen molar-refractivity contribution < 1.29 is 14.3 Å². The highest BCUT2D eigenvalue weighted by atomic mass is 32.1. The summed E-state index contributed by atoms with van der Waals surface area (Å²) in [5.74, 6) is 0.373. The Morgan fingerprint density at radius 3 is 2.42 bits per heavy atom. The summed E-state index contributed by atoms with van der Waals surface area (Å²) < 4.78 is 5.56. The van der Waals surface area contributed by atoms with Crippen molar-refractivity contribution in [2.45, 2.75) is 26.7 Å². The van der Waals surface area contributed by atoms with E-state index in [9.17, 15) is 9.59 Å². The summed E-state index contributed by atoms with van der Waals surface area (Å²) in [5, 5.41) is 5.08. The lowest BCUT2D eigenvalue weighted by atomic mass is 10.0. The molecule has 1 aliphatic heterocycles. The van der Waals surface area contributed by atoms with E-state index < -0.39 is 0 Å². The third-order valence-electron chi connectivity index (χ3n) is 5.08. The number of anilines is 2. The molecule has 2 aromatic carbocycles. The minimum Gasteiger partial charge on any atom is -0.494 e. The van der Waals surface area contributed by atoms with Gasteiger partial charge in [-0.25, -0.2) is 4.90 Å². The van der Waals surface area contributed by atoms with Crippen molar-refractivity contribution in [3.05, 3.63) is 82.2 Å². The van der Waals surface area contributed by atoms with Gasteiger partial charge in [-0.05, 0) is 54.1 Å². The van der Waals surface area contributed by atoms with Crippen LogP contribution in [0, 0.1) is 0 Å². The zero-order valence-corrected chi connectivity index (χ0v) is 18.5. The van der Waals surface area contributed by atoms with E-state index >= 15 is 0 Å². The number of benzene rings is 2. The summed E-state index contributed by atoms with van der Waals surface area (Å²) in [4.78, 5) is 28.8. The number of nitrogens with zero attached hydrogens (tertiary/aromatic N) is 1. The van der Waals surface area contributed by atoms with Gasteiger partial charge in [0.05, 0.1) is 17.9 Å². The van der Waals surface area contributed by atoms with Crippen LogP contribution in [0.25, 0.3) is 5.57 Å². The number of hydrogen-bond acceptors (Lipinski definition) is 5. The fraction of sp³-hybridized carbons (Fsp3) is 0.200. The summed E-state index contributed by atoms with van der Waals surface area (Å²) >= 11 is 1.43. The van der Waals surface area contributed by atoms with Gasteiger partial charge in [-0.1, -0.05) is 38.1 Å². The number of carbonyl (C=O) groups excluding carboxylic acids is 2. The van der Waals surface area contributed by atoms with Gasteiger partial charge in [-0.3, -0.25) is 9.59 Å². The Labute approximate surface area is 186 Å². The molecular weight excluding hydrogens is 408 g/mol. The van der Waals surface area contributed by atoms with E-state index in [1.807, 2.05) is 73.0 Å². The molecule has 0 unspecified atom stereocenters. The SMILES string of the molecule is CCOc1cccc(NC2=C(c3cccs3)C(=O)N(c3ccc(C(C)C)cc3)C2=O)c1. The van der Waals surface area contributed by atoms with Crippen LogP contribution < -0.4 is 15.0 Å². The van der Waals surface area contributed by atoms with Crippen LogP contribution in [-0.4, -0.2) is 18.4 Å².